The molecule has 0 saturated carbocycles. The molecule has 0 amide bonds. The molecule has 5 nitrogen and oxygen atoms in total. The van der Waals surface area contributed by atoms with E-state index in [2.05, 4.69) is 4.99 Å². The summed E-state index contributed by atoms with van der Waals surface area (Å²) in [5, 5.41) is 9.47. The Bertz CT molecular complexity index is 486. The van der Waals surface area contributed by atoms with Crippen molar-refractivity contribution in [3.63, 3.8) is 0 Å². The summed E-state index contributed by atoms with van der Waals surface area (Å²) in [5.41, 5.74) is 7.31. The van der Waals surface area contributed by atoms with Gasteiger partial charge >= 0.3 is 0 Å². The quantitative estimate of drug-likeness (QED) is 0.860. The van der Waals surface area contributed by atoms with E-state index < -0.39 is 6.10 Å². The maximum absolute atomic E-state index is 9.47. The lowest BCUT2D eigenvalue weighted by Crippen LogP contribution is -2.27. The van der Waals surface area contributed by atoms with Gasteiger partial charge in [-0.15, -0.1) is 0 Å². The van der Waals surface area contributed by atoms with E-state index >= 15 is 0 Å². The van der Waals surface area contributed by atoms with E-state index in [1.165, 1.54) is 0 Å². The van der Waals surface area contributed by atoms with Gasteiger partial charge in [0.05, 0.1) is 11.8 Å². The summed E-state index contributed by atoms with van der Waals surface area (Å²) in [5.74, 6) is 1.54. The second kappa shape index (κ2) is 6.72. The smallest absolute Gasteiger partial charge is 0.188 e. The first kappa shape index (κ1) is 14.8. The summed E-state index contributed by atoms with van der Waals surface area (Å²) < 4.78 is 11.3. The van der Waals surface area contributed by atoms with Gasteiger partial charge in [-0.25, -0.2) is 4.99 Å². The summed E-state index contributed by atoms with van der Waals surface area (Å²) in [6, 6.07) is 5.74. The van der Waals surface area contributed by atoms with Crippen molar-refractivity contribution >= 4 is 11.6 Å². The number of fused-ring (bicyclic) bond motifs is 1. The summed E-state index contributed by atoms with van der Waals surface area (Å²) in [4.78, 5) is 4.52. The topological polar surface area (TPSA) is 77.1 Å². The van der Waals surface area contributed by atoms with Gasteiger partial charge in [-0.2, -0.15) is 0 Å². The van der Waals surface area contributed by atoms with Crippen LogP contribution in [0.25, 0.3) is 0 Å². The number of aliphatic imine (C=N–C) groups is 1. The first-order chi connectivity index (χ1) is 9.60. The highest BCUT2D eigenvalue weighted by Crippen LogP contribution is 2.33. The molecule has 1 aliphatic rings. The van der Waals surface area contributed by atoms with Crippen molar-refractivity contribution in [2.45, 2.75) is 38.9 Å². The minimum Gasteiger partial charge on any atom is -0.490 e. The van der Waals surface area contributed by atoms with Crippen molar-refractivity contribution in [2.24, 2.45) is 10.7 Å². The molecule has 1 aliphatic heterocycles. The molecule has 0 aliphatic carbocycles. The van der Waals surface area contributed by atoms with E-state index in [-0.39, 0.29) is 19.3 Å². The SMILES string of the molecule is CC(C)OC1=Nc2cccc(OCC(O)CN)c2CC1. The Kier molecular flexibility index (Phi) is 4.98. The Hall–Kier alpha value is -1.59. The molecule has 1 atom stereocenters. The second-order valence-corrected chi connectivity index (χ2v) is 5.13. The van der Waals surface area contributed by atoms with Crippen molar-refractivity contribution in [1.29, 1.82) is 0 Å². The van der Waals surface area contributed by atoms with Crippen LogP contribution in [0.15, 0.2) is 23.2 Å². The van der Waals surface area contributed by atoms with Crippen LogP contribution in [0.4, 0.5) is 5.69 Å². The van der Waals surface area contributed by atoms with Gasteiger partial charge in [0.2, 0.25) is 0 Å². The van der Waals surface area contributed by atoms with Gasteiger partial charge in [0, 0.05) is 18.5 Å². The number of aliphatic hydroxyl groups is 1. The van der Waals surface area contributed by atoms with Gasteiger partial charge in [-0.3, -0.25) is 0 Å². The summed E-state index contributed by atoms with van der Waals surface area (Å²) in [7, 11) is 0. The van der Waals surface area contributed by atoms with Gasteiger partial charge in [-0.1, -0.05) is 6.07 Å². The molecule has 1 aromatic carbocycles. The summed E-state index contributed by atoms with van der Waals surface area (Å²) >= 11 is 0. The van der Waals surface area contributed by atoms with Crippen LogP contribution >= 0.6 is 0 Å². The number of aliphatic hydroxyl groups excluding tert-OH is 1. The van der Waals surface area contributed by atoms with Gasteiger partial charge in [0.1, 0.15) is 18.5 Å². The third-order valence-electron chi connectivity index (χ3n) is 3.02. The predicted molar refractivity (Wildman–Crippen MR) is 78.6 cm³/mol. The fraction of sp³-hybridized carbons (Fsp3) is 0.533. The first-order valence-corrected chi connectivity index (χ1v) is 6.97. The molecule has 1 heterocycles. The lowest BCUT2D eigenvalue weighted by molar-refractivity contribution is 0.113. The Morgan fingerprint density at radius 3 is 2.85 bits per heavy atom. The zero-order chi connectivity index (χ0) is 14.5. The number of hydrogen-bond donors (Lipinski definition) is 2. The highest BCUT2D eigenvalue weighted by atomic mass is 16.5. The van der Waals surface area contributed by atoms with Gasteiger partial charge in [0.15, 0.2) is 5.90 Å². The van der Waals surface area contributed by atoms with Crippen molar-refractivity contribution in [2.75, 3.05) is 13.2 Å². The van der Waals surface area contributed by atoms with E-state index in [0.717, 1.165) is 35.7 Å². The molecule has 0 bridgehead atoms. The maximum atomic E-state index is 9.47. The van der Waals surface area contributed by atoms with Crippen molar-refractivity contribution < 1.29 is 14.6 Å². The van der Waals surface area contributed by atoms with E-state index in [1.54, 1.807) is 0 Å². The van der Waals surface area contributed by atoms with Crippen LogP contribution in [0.2, 0.25) is 0 Å². The Morgan fingerprint density at radius 1 is 1.35 bits per heavy atom. The van der Waals surface area contributed by atoms with E-state index in [0.29, 0.717) is 0 Å². The number of rotatable bonds is 5. The highest BCUT2D eigenvalue weighted by molar-refractivity contribution is 5.83. The minimum absolute atomic E-state index is 0.134. The lowest BCUT2D eigenvalue weighted by atomic mass is 10.0. The average molecular weight is 278 g/mol. The second-order valence-electron chi connectivity index (χ2n) is 5.13. The molecule has 110 valence electrons. The largest absolute Gasteiger partial charge is 0.490 e. The molecular formula is C15H22N2O3. The van der Waals surface area contributed by atoms with Crippen LogP contribution in [0.3, 0.4) is 0 Å². The van der Waals surface area contributed by atoms with Crippen LogP contribution in [0.1, 0.15) is 25.8 Å². The molecule has 0 fully saturated rings. The van der Waals surface area contributed by atoms with Crippen LogP contribution < -0.4 is 10.5 Å². The fourth-order valence-corrected chi connectivity index (χ4v) is 2.08. The molecule has 1 aromatic rings. The van der Waals surface area contributed by atoms with Crippen LogP contribution in [-0.2, 0) is 11.2 Å². The predicted octanol–water partition coefficient (Wildman–Crippen LogP) is 1.79. The number of hydrogen-bond acceptors (Lipinski definition) is 5. The third kappa shape index (κ3) is 3.71. The average Bonchev–Trinajstić information content (AvgIpc) is 2.43. The molecule has 0 aromatic heterocycles. The van der Waals surface area contributed by atoms with Crippen LogP contribution in [-0.4, -0.2) is 36.4 Å². The molecule has 3 N–H and O–H groups in total. The molecule has 0 radical (unpaired) electrons. The molecule has 0 saturated heterocycles. The molecule has 2 rings (SSSR count). The Morgan fingerprint density at radius 2 is 2.15 bits per heavy atom. The van der Waals surface area contributed by atoms with Gasteiger partial charge in [-0.05, 0) is 32.4 Å². The maximum Gasteiger partial charge on any atom is 0.188 e. The fourth-order valence-electron chi connectivity index (χ4n) is 2.08. The Balaban J connectivity index is 2.13. The first-order valence-electron chi connectivity index (χ1n) is 6.97. The standard InChI is InChI=1S/C15H22N2O3/c1-10(2)20-15-7-6-12-13(17-15)4-3-5-14(12)19-9-11(18)8-16/h3-5,10-11,18H,6-9,16H2,1-2H3. The monoisotopic (exact) mass is 278 g/mol. The molecule has 5 heteroatoms. The number of nitrogens with zero attached hydrogens (tertiary/aromatic N) is 1. The van der Waals surface area contributed by atoms with Crippen LogP contribution in [0.5, 0.6) is 5.75 Å². The zero-order valence-electron chi connectivity index (χ0n) is 12.0. The number of benzene rings is 1. The van der Waals surface area contributed by atoms with Crippen molar-refractivity contribution in [3.05, 3.63) is 23.8 Å². The zero-order valence-corrected chi connectivity index (χ0v) is 12.0. The summed E-state index contributed by atoms with van der Waals surface area (Å²) in [6.45, 7) is 4.38. The minimum atomic E-state index is -0.641. The molecule has 20 heavy (non-hydrogen) atoms. The summed E-state index contributed by atoms with van der Waals surface area (Å²) in [6.07, 6.45) is 1.09. The number of nitrogens with two attached hydrogens (primary N) is 1. The van der Waals surface area contributed by atoms with E-state index in [4.69, 9.17) is 15.2 Å². The lowest BCUT2D eigenvalue weighted by Gasteiger charge is -2.21. The van der Waals surface area contributed by atoms with Crippen molar-refractivity contribution in [1.82, 2.24) is 0 Å². The normalized spacial score (nSPS) is 15.6. The molecule has 0 spiro atoms. The highest BCUT2D eigenvalue weighted by Gasteiger charge is 2.18. The van der Waals surface area contributed by atoms with E-state index in [1.807, 2.05) is 32.0 Å². The molecular weight excluding hydrogens is 256 g/mol. The van der Waals surface area contributed by atoms with E-state index in [9.17, 15) is 5.11 Å². The molecule has 1 unspecified atom stereocenters. The van der Waals surface area contributed by atoms with Crippen molar-refractivity contribution in [3.8, 4) is 5.75 Å². The number of ether oxygens (including phenoxy) is 2. The van der Waals surface area contributed by atoms with Crippen LogP contribution in [0, 0.1) is 0 Å². The van der Waals surface area contributed by atoms with Gasteiger partial charge < -0.3 is 20.3 Å². The third-order valence-corrected chi connectivity index (χ3v) is 3.02. The van der Waals surface area contributed by atoms with Gasteiger partial charge in [0.25, 0.3) is 0 Å². The Labute approximate surface area is 119 Å².